The topological polar surface area (TPSA) is 73.8 Å². The van der Waals surface area contributed by atoms with Gasteiger partial charge in [0, 0.05) is 17.1 Å². The standard InChI is InChI=1S/C23H25N5OS/c1-5-7-20-26-28-21(24)19(22(29)25-23(28)30-20)13-17-12-14(3)27(15(17)4)18-10-8-16(6-2)9-11-18/h8-13,24H,5-7H2,1-4H3/b19-13+,24-21?. The summed E-state index contributed by atoms with van der Waals surface area (Å²) in [5, 5.41) is 15.9. The van der Waals surface area contributed by atoms with E-state index in [-0.39, 0.29) is 17.3 Å². The van der Waals surface area contributed by atoms with Gasteiger partial charge in [-0.1, -0.05) is 26.0 Å². The van der Waals surface area contributed by atoms with Crippen LogP contribution in [-0.2, 0) is 11.2 Å². The Balaban J connectivity index is 1.70. The highest BCUT2D eigenvalue weighted by Crippen LogP contribution is 2.31. The van der Waals surface area contributed by atoms with Crippen molar-refractivity contribution in [1.82, 2.24) is 9.58 Å². The summed E-state index contributed by atoms with van der Waals surface area (Å²) in [7, 11) is 0. The van der Waals surface area contributed by atoms with Gasteiger partial charge < -0.3 is 4.57 Å². The maximum Gasteiger partial charge on any atom is 0.283 e. The van der Waals surface area contributed by atoms with Gasteiger partial charge in [-0.05, 0) is 80.3 Å². The van der Waals surface area contributed by atoms with Crippen molar-refractivity contribution in [2.24, 2.45) is 10.1 Å². The Labute approximate surface area is 180 Å². The molecule has 30 heavy (non-hydrogen) atoms. The number of amidine groups is 2. The second-order valence-electron chi connectivity index (χ2n) is 7.45. The van der Waals surface area contributed by atoms with Crippen molar-refractivity contribution in [3.63, 3.8) is 0 Å². The van der Waals surface area contributed by atoms with Crippen LogP contribution >= 0.6 is 11.8 Å². The van der Waals surface area contributed by atoms with E-state index < -0.39 is 0 Å². The van der Waals surface area contributed by atoms with E-state index in [1.165, 1.54) is 22.3 Å². The van der Waals surface area contributed by atoms with Crippen LogP contribution in [0, 0.1) is 19.3 Å². The van der Waals surface area contributed by atoms with Crippen LogP contribution in [0.3, 0.4) is 0 Å². The number of hydrogen-bond donors (Lipinski definition) is 1. The monoisotopic (exact) mass is 419 g/mol. The zero-order valence-electron chi connectivity index (χ0n) is 17.7. The highest BCUT2D eigenvalue weighted by Gasteiger charge is 2.35. The number of nitrogens with one attached hydrogen (secondary N) is 1. The van der Waals surface area contributed by atoms with Gasteiger partial charge in [-0.3, -0.25) is 10.2 Å². The fourth-order valence-corrected chi connectivity index (χ4v) is 4.70. The van der Waals surface area contributed by atoms with Crippen LogP contribution in [0.5, 0.6) is 0 Å². The number of amides is 1. The fourth-order valence-electron chi connectivity index (χ4n) is 3.71. The van der Waals surface area contributed by atoms with Crippen molar-refractivity contribution in [3.05, 3.63) is 58.4 Å². The Hall–Kier alpha value is -2.93. The number of aromatic nitrogens is 1. The van der Waals surface area contributed by atoms with Crippen LogP contribution in [0.1, 0.15) is 49.2 Å². The molecule has 1 aromatic heterocycles. The van der Waals surface area contributed by atoms with Gasteiger partial charge in [0.05, 0.1) is 5.57 Å². The molecule has 7 heteroatoms. The first kappa shape index (κ1) is 20.3. The van der Waals surface area contributed by atoms with Gasteiger partial charge in [-0.25, -0.2) is 0 Å². The first-order chi connectivity index (χ1) is 14.4. The Morgan fingerprint density at radius 2 is 1.90 bits per heavy atom. The molecule has 0 saturated heterocycles. The lowest BCUT2D eigenvalue weighted by Gasteiger charge is -2.20. The second-order valence-corrected chi connectivity index (χ2v) is 8.49. The van der Waals surface area contributed by atoms with Crippen LogP contribution < -0.4 is 0 Å². The van der Waals surface area contributed by atoms with Crippen LogP contribution in [0.2, 0.25) is 0 Å². The summed E-state index contributed by atoms with van der Waals surface area (Å²) in [6, 6.07) is 10.6. The summed E-state index contributed by atoms with van der Waals surface area (Å²) >= 11 is 1.38. The quantitative estimate of drug-likeness (QED) is 0.687. The molecule has 3 heterocycles. The maximum absolute atomic E-state index is 12.7. The lowest BCUT2D eigenvalue weighted by atomic mass is 10.1. The lowest BCUT2D eigenvalue weighted by molar-refractivity contribution is -0.114. The first-order valence-electron chi connectivity index (χ1n) is 10.2. The average Bonchev–Trinajstić information content (AvgIpc) is 3.25. The molecule has 1 N–H and O–H groups in total. The number of rotatable bonds is 5. The Morgan fingerprint density at radius 3 is 2.57 bits per heavy atom. The predicted molar refractivity (Wildman–Crippen MR) is 125 cm³/mol. The van der Waals surface area contributed by atoms with Crippen LogP contribution in [0.4, 0.5) is 0 Å². The largest absolute Gasteiger partial charge is 0.318 e. The highest BCUT2D eigenvalue weighted by atomic mass is 32.2. The van der Waals surface area contributed by atoms with E-state index >= 15 is 0 Å². The van der Waals surface area contributed by atoms with Crippen LogP contribution in [0.25, 0.3) is 11.8 Å². The number of aryl methyl sites for hydroxylation is 2. The third-order valence-electron chi connectivity index (χ3n) is 5.33. The van der Waals surface area contributed by atoms with E-state index in [1.54, 1.807) is 6.08 Å². The van der Waals surface area contributed by atoms with E-state index in [4.69, 9.17) is 5.41 Å². The maximum atomic E-state index is 12.7. The normalized spacial score (nSPS) is 17.5. The molecule has 4 rings (SSSR count). The van der Waals surface area contributed by atoms with Crippen molar-refractivity contribution in [2.75, 3.05) is 0 Å². The number of hydrazone groups is 1. The number of hydrogen-bond acceptors (Lipinski definition) is 4. The Bertz CT molecular complexity index is 1120. The molecule has 2 aliphatic heterocycles. The third kappa shape index (κ3) is 3.54. The van der Waals surface area contributed by atoms with Gasteiger partial charge >= 0.3 is 0 Å². The number of nitrogens with zero attached hydrogens (tertiary/aromatic N) is 4. The SMILES string of the molecule is CCCC1=NN2C(=N)/C(=C\c3cc(C)n(-c4ccc(CC)cc4)c3C)C(=O)N=C2S1. The van der Waals surface area contributed by atoms with Crippen molar-refractivity contribution >= 4 is 39.8 Å². The molecule has 0 bridgehead atoms. The molecule has 0 unspecified atom stereocenters. The predicted octanol–water partition coefficient (Wildman–Crippen LogP) is 5.08. The van der Waals surface area contributed by atoms with Crippen LogP contribution in [-0.4, -0.2) is 31.5 Å². The summed E-state index contributed by atoms with van der Waals surface area (Å²) in [6.45, 7) is 8.30. The summed E-state index contributed by atoms with van der Waals surface area (Å²) in [4.78, 5) is 16.8. The zero-order valence-corrected chi connectivity index (χ0v) is 18.5. The molecule has 1 aromatic carbocycles. The van der Waals surface area contributed by atoms with Gasteiger partial charge in [0.15, 0.2) is 5.84 Å². The van der Waals surface area contributed by atoms with Crippen LogP contribution in [0.15, 0.2) is 46.0 Å². The summed E-state index contributed by atoms with van der Waals surface area (Å²) in [5.74, 6) is -0.301. The first-order valence-corrected chi connectivity index (χ1v) is 11.0. The van der Waals surface area contributed by atoms with Gasteiger partial charge in [0.25, 0.3) is 5.91 Å². The molecule has 2 aromatic rings. The van der Waals surface area contributed by atoms with Gasteiger partial charge in [0.2, 0.25) is 5.17 Å². The number of carbonyl (C=O) groups is 1. The molecular weight excluding hydrogens is 394 g/mol. The molecule has 154 valence electrons. The van der Waals surface area contributed by atoms with Gasteiger partial charge in [0.1, 0.15) is 5.04 Å². The molecule has 1 amide bonds. The molecule has 6 nitrogen and oxygen atoms in total. The molecule has 2 aliphatic rings. The third-order valence-corrected chi connectivity index (χ3v) is 6.30. The number of benzene rings is 1. The lowest BCUT2D eigenvalue weighted by Crippen LogP contribution is -2.35. The van der Waals surface area contributed by atoms with E-state index in [2.05, 4.69) is 52.8 Å². The molecule has 0 fully saturated rings. The van der Waals surface area contributed by atoms with E-state index in [1.807, 2.05) is 19.9 Å². The smallest absolute Gasteiger partial charge is 0.283 e. The summed E-state index contributed by atoms with van der Waals surface area (Å²) < 4.78 is 2.17. The minimum absolute atomic E-state index is 0.0840. The van der Waals surface area contributed by atoms with Crippen molar-refractivity contribution in [2.45, 2.75) is 47.0 Å². The van der Waals surface area contributed by atoms with Crippen molar-refractivity contribution in [1.29, 1.82) is 5.41 Å². The van der Waals surface area contributed by atoms with E-state index in [9.17, 15) is 4.79 Å². The number of thioether (sulfide) groups is 1. The molecule has 0 atom stereocenters. The average molecular weight is 420 g/mol. The minimum Gasteiger partial charge on any atom is -0.318 e. The Kier molecular flexibility index (Phi) is 5.47. The number of aliphatic imine (C=N–C) groups is 1. The molecule has 0 spiro atoms. The minimum atomic E-state index is -0.385. The van der Waals surface area contributed by atoms with Gasteiger partial charge in [-0.15, -0.1) is 0 Å². The van der Waals surface area contributed by atoms with Crippen molar-refractivity contribution < 1.29 is 4.79 Å². The second kappa shape index (κ2) is 8.07. The number of carbonyl (C=O) groups excluding carboxylic acids is 1. The highest BCUT2D eigenvalue weighted by molar-refractivity contribution is 8.26. The molecule has 0 saturated carbocycles. The molecule has 0 aliphatic carbocycles. The van der Waals surface area contributed by atoms with Gasteiger partial charge in [-0.2, -0.15) is 15.1 Å². The van der Waals surface area contributed by atoms with E-state index in [0.717, 1.165) is 46.9 Å². The number of fused-ring (bicyclic) bond motifs is 1. The zero-order chi connectivity index (χ0) is 21.4. The molecule has 0 radical (unpaired) electrons. The summed E-state index contributed by atoms with van der Waals surface area (Å²) in [5.41, 5.74) is 5.64. The van der Waals surface area contributed by atoms with E-state index in [0.29, 0.717) is 5.17 Å². The Morgan fingerprint density at radius 1 is 1.17 bits per heavy atom. The van der Waals surface area contributed by atoms with Crippen molar-refractivity contribution in [3.8, 4) is 5.69 Å². The fraction of sp³-hybridized carbons (Fsp3) is 0.304. The molecular formula is C23H25N5OS. The summed E-state index contributed by atoms with van der Waals surface area (Å²) in [6.07, 6.45) is 4.55.